The number of anilines is 1. The number of nitrogens with zero attached hydrogens (tertiary/aromatic N) is 3. The first-order valence-corrected chi connectivity index (χ1v) is 9.72. The van der Waals surface area contributed by atoms with E-state index in [1.54, 1.807) is 0 Å². The summed E-state index contributed by atoms with van der Waals surface area (Å²) in [5, 5.41) is 5.84. The summed E-state index contributed by atoms with van der Waals surface area (Å²) in [5.74, 6) is -5.49. The van der Waals surface area contributed by atoms with Crippen molar-refractivity contribution in [2.75, 3.05) is 11.9 Å². The van der Waals surface area contributed by atoms with E-state index in [4.69, 9.17) is 4.74 Å². The number of aromatic nitrogens is 3. The molecule has 2 aromatic heterocycles. The molecule has 1 aromatic carbocycles. The number of ether oxygens (including phenoxy) is 1. The Balaban J connectivity index is 1.77. The summed E-state index contributed by atoms with van der Waals surface area (Å²) in [6, 6.07) is 4.00. The molecule has 4 rings (SSSR count). The number of carbonyl (C=O) groups excluding carboxylic acids is 1. The Morgan fingerprint density at radius 1 is 1.21 bits per heavy atom. The number of nitrogens with one attached hydrogen (secondary N) is 1. The lowest BCUT2D eigenvalue weighted by Crippen LogP contribution is -2.31. The number of alkyl halides is 4. The maximum Gasteiger partial charge on any atom is 0.333 e. The molecule has 12 heteroatoms. The summed E-state index contributed by atoms with van der Waals surface area (Å²) in [5.41, 5.74) is -0.564. The molecule has 1 aliphatic heterocycles. The number of carbonyl (C=O) groups is 1. The Bertz CT molecular complexity index is 1170. The van der Waals surface area contributed by atoms with Crippen LogP contribution in [0.2, 0.25) is 0 Å². The minimum Gasteiger partial charge on any atom is -0.366 e. The molecule has 3 heterocycles. The first kappa shape index (κ1) is 22.8. The van der Waals surface area contributed by atoms with E-state index >= 15 is 0 Å². The summed E-state index contributed by atoms with van der Waals surface area (Å²) >= 11 is 0. The SMILES string of the molecule is O=C(Nc1c(-c2cc(F)ccc2F)ccnc1C1CCC(F)(F)CO1)c1cnn(C(F)F)c1. The van der Waals surface area contributed by atoms with Crippen LogP contribution in [-0.4, -0.2) is 33.2 Å². The highest BCUT2D eigenvalue weighted by atomic mass is 19.3. The minimum absolute atomic E-state index is 0.00698. The molecule has 1 aliphatic rings. The molecule has 1 fully saturated rings. The summed E-state index contributed by atoms with van der Waals surface area (Å²) < 4.78 is 86.6. The summed E-state index contributed by atoms with van der Waals surface area (Å²) in [7, 11) is 0. The number of halogens is 6. The quantitative estimate of drug-likeness (QED) is 0.510. The molecule has 0 spiro atoms. The summed E-state index contributed by atoms with van der Waals surface area (Å²) in [6.45, 7) is -3.86. The van der Waals surface area contributed by atoms with Gasteiger partial charge in [0.25, 0.3) is 11.8 Å². The predicted octanol–water partition coefficient (Wildman–Crippen LogP) is 5.36. The zero-order valence-electron chi connectivity index (χ0n) is 16.7. The smallest absolute Gasteiger partial charge is 0.333 e. The molecule has 0 saturated carbocycles. The fourth-order valence-electron chi connectivity index (χ4n) is 3.47. The second kappa shape index (κ2) is 8.85. The topological polar surface area (TPSA) is 69.0 Å². The maximum atomic E-state index is 14.5. The van der Waals surface area contributed by atoms with Gasteiger partial charge in [0, 0.05) is 29.9 Å². The van der Waals surface area contributed by atoms with Crippen molar-refractivity contribution in [1.82, 2.24) is 14.8 Å². The van der Waals surface area contributed by atoms with Crippen molar-refractivity contribution in [3.8, 4) is 11.1 Å². The van der Waals surface area contributed by atoms with Crippen molar-refractivity contribution in [1.29, 1.82) is 0 Å². The average molecular weight is 470 g/mol. The third-order valence-electron chi connectivity index (χ3n) is 5.07. The average Bonchev–Trinajstić information content (AvgIpc) is 3.27. The highest BCUT2D eigenvalue weighted by Gasteiger charge is 2.38. The molecule has 0 bridgehead atoms. The van der Waals surface area contributed by atoms with Crippen molar-refractivity contribution in [2.24, 2.45) is 0 Å². The largest absolute Gasteiger partial charge is 0.366 e. The van der Waals surface area contributed by atoms with E-state index < -0.39 is 49.1 Å². The Kier molecular flexibility index (Phi) is 6.11. The van der Waals surface area contributed by atoms with Gasteiger partial charge in [0.1, 0.15) is 24.3 Å². The van der Waals surface area contributed by atoms with Gasteiger partial charge in [-0.2, -0.15) is 13.9 Å². The van der Waals surface area contributed by atoms with E-state index in [1.807, 2.05) is 0 Å². The van der Waals surface area contributed by atoms with Crippen LogP contribution in [0, 0.1) is 11.6 Å². The van der Waals surface area contributed by atoms with Crippen molar-refractivity contribution in [3.05, 3.63) is 65.7 Å². The molecule has 6 nitrogen and oxygen atoms in total. The van der Waals surface area contributed by atoms with Crippen LogP contribution in [0.3, 0.4) is 0 Å². The normalized spacial score (nSPS) is 17.8. The molecule has 0 radical (unpaired) electrons. The van der Waals surface area contributed by atoms with Gasteiger partial charge in [0.15, 0.2) is 0 Å². The Morgan fingerprint density at radius 2 is 2.00 bits per heavy atom. The molecule has 33 heavy (non-hydrogen) atoms. The number of rotatable bonds is 5. The van der Waals surface area contributed by atoms with Crippen LogP contribution in [0.15, 0.2) is 42.9 Å². The van der Waals surface area contributed by atoms with E-state index in [0.29, 0.717) is 0 Å². The fraction of sp³-hybridized carbons (Fsp3) is 0.286. The minimum atomic E-state index is -3.03. The third-order valence-corrected chi connectivity index (χ3v) is 5.07. The Hall–Kier alpha value is -3.41. The molecule has 1 N–H and O–H groups in total. The Morgan fingerprint density at radius 3 is 2.67 bits per heavy atom. The van der Waals surface area contributed by atoms with Gasteiger partial charge < -0.3 is 10.1 Å². The van der Waals surface area contributed by atoms with Crippen molar-refractivity contribution < 1.29 is 35.9 Å². The van der Waals surface area contributed by atoms with Crippen LogP contribution in [0.1, 0.15) is 41.5 Å². The number of amides is 1. The van der Waals surface area contributed by atoms with Gasteiger partial charge >= 0.3 is 6.55 Å². The van der Waals surface area contributed by atoms with Crippen LogP contribution in [0.4, 0.5) is 32.0 Å². The lowest BCUT2D eigenvalue weighted by Gasteiger charge is -2.30. The molecule has 174 valence electrons. The lowest BCUT2D eigenvalue weighted by atomic mass is 9.97. The molecular weight excluding hydrogens is 454 g/mol. The zero-order valence-corrected chi connectivity index (χ0v) is 16.7. The Labute approximate surface area is 183 Å². The van der Waals surface area contributed by atoms with Crippen molar-refractivity contribution in [2.45, 2.75) is 31.4 Å². The molecule has 1 saturated heterocycles. The fourth-order valence-corrected chi connectivity index (χ4v) is 3.47. The van der Waals surface area contributed by atoms with Gasteiger partial charge in [-0.25, -0.2) is 22.2 Å². The van der Waals surface area contributed by atoms with Gasteiger partial charge in [-0.3, -0.25) is 9.78 Å². The monoisotopic (exact) mass is 470 g/mol. The second-order valence-electron chi connectivity index (χ2n) is 7.38. The van der Waals surface area contributed by atoms with Gasteiger partial charge in [0.05, 0.1) is 23.1 Å². The number of pyridine rings is 1. The highest BCUT2D eigenvalue weighted by Crippen LogP contribution is 2.41. The van der Waals surface area contributed by atoms with Gasteiger partial charge in [-0.15, -0.1) is 0 Å². The highest BCUT2D eigenvalue weighted by molar-refractivity contribution is 6.06. The van der Waals surface area contributed by atoms with E-state index in [0.717, 1.165) is 30.6 Å². The van der Waals surface area contributed by atoms with E-state index in [9.17, 15) is 31.1 Å². The molecule has 1 unspecified atom stereocenters. The first-order chi connectivity index (χ1) is 15.6. The van der Waals surface area contributed by atoms with E-state index in [1.165, 1.54) is 12.3 Å². The van der Waals surface area contributed by atoms with Crippen LogP contribution >= 0.6 is 0 Å². The number of benzene rings is 1. The molecule has 0 aliphatic carbocycles. The molecule has 1 atom stereocenters. The van der Waals surface area contributed by atoms with E-state index in [-0.39, 0.29) is 39.2 Å². The lowest BCUT2D eigenvalue weighted by molar-refractivity contribution is -0.146. The van der Waals surface area contributed by atoms with Crippen LogP contribution in [-0.2, 0) is 4.74 Å². The van der Waals surface area contributed by atoms with Crippen LogP contribution in [0.5, 0.6) is 0 Å². The molecular formula is C21H16F6N4O2. The van der Waals surface area contributed by atoms with Gasteiger partial charge in [-0.05, 0) is 30.7 Å². The summed E-state index contributed by atoms with van der Waals surface area (Å²) in [4.78, 5) is 16.9. The van der Waals surface area contributed by atoms with Crippen LogP contribution in [0.25, 0.3) is 11.1 Å². The molecule has 1 amide bonds. The third kappa shape index (κ3) is 4.85. The predicted molar refractivity (Wildman–Crippen MR) is 104 cm³/mol. The number of hydrogen-bond acceptors (Lipinski definition) is 4. The first-order valence-electron chi connectivity index (χ1n) is 9.72. The zero-order chi connectivity index (χ0) is 23.8. The van der Waals surface area contributed by atoms with E-state index in [2.05, 4.69) is 15.4 Å². The van der Waals surface area contributed by atoms with Gasteiger partial charge in [0.2, 0.25) is 0 Å². The summed E-state index contributed by atoms with van der Waals surface area (Å²) in [6.07, 6.45) is 1.32. The maximum absolute atomic E-state index is 14.5. The second-order valence-corrected chi connectivity index (χ2v) is 7.38. The van der Waals surface area contributed by atoms with Crippen molar-refractivity contribution in [3.63, 3.8) is 0 Å². The molecule has 3 aromatic rings. The van der Waals surface area contributed by atoms with Crippen LogP contribution < -0.4 is 5.32 Å². The van der Waals surface area contributed by atoms with Crippen molar-refractivity contribution >= 4 is 11.6 Å². The number of hydrogen-bond donors (Lipinski definition) is 1. The van der Waals surface area contributed by atoms with Gasteiger partial charge in [-0.1, -0.05) is 0 Å². The standard InChI is InChI=1S/C21H16F6N4O2/c22-12-1-2-15(23)14(7-12)13-4-6-28-18(16-3-5-21(26,27)10-33-16)17(13)30-19(32)11-8-29-31(9-11)20(24)25/h1-2,4,6-9,16,20H,3,5,10H2,(H,30,32).